The predicted octanol–water partition coefficient (Wildman–Crippen LogP) is 5.82. The molecule has 1 heterocycles. The molecule has 0 fully saturated rings. The number of nitrogens with one attached hydrogen (secondary N) is 1. The Labute approximate surface area is 234 Å². The molecule has 0 unspecified atom stereocenters. The van der Waals surface area contributed by atoms with Gasteiger partial charge in [0.1, 0.15) is 12.6 Å². The Balaban J connectivity index is 0.000000824. The molecule has 0 radical (unpaired) electrons. The second kappa shape index (κ2) is 13.1. The lowest BCUT2D eigenvalue weighted by Gasteiger charge is -2.40. The number of aryl methyl sites for hydroxylation is 1. The quantitative estimate of drug-likeness (QED) is 0.183. The highest BCUT2D eigenvalue weighted by molar-refractivity contribution is 7.86. The third-order valence-electron chi connectivity index (χ3n) is 5.94. The van der Waals surface area contributed by atoms with Crippen molar-refractivity contribution < 1.29 is 44.7 Å². The van der Waals surface area contributed by atoms with Gasteiger partial charge in [0.2, 0.25) is 0 Å². The van der Waals surface area contributed by atoms with Crippen molar-refractivity contribution in [2.75, 3.05) is 0 Å². The van der Waals surface area contributed by atoms with E-state index in [1.165, 1.54) is 0 Å². The third kappa shape index (κ3) is 11.6. The lowest BCUT2D eigenvalue weighted by Crippen LogP contribution is -2.51. The molecule has 14 heteroatoms. The van der Waals surface area contributed by atoms with Crippen molar-refractivity contribution in [1.82, 2.24) is 5.32 Å². The molecule has 0 aliphatic rings. The summed E-state index contributed by atoms with van der Waals surface area (Å²) >= 11 is 1.66. The molecular weight excluding hydrogens is 573 g/mol. The number of halogens is 3. The van der Waals surface area contributed by atoms with Gasteiger partial charge in [-0.1, -0.05) is 62.4 Å². The van der Waals surface area contributed by atoms with E-state index < -0.39 is 35.6 Å². The van der Waals surface area contributed by atoms with E-state index >= 15 is 0 Å². The van der Waals surface area contributed by atoms with Crippen molar-refractivity contribution >= 4 is 35.9 Å². The number of hydrogen-bond acceptors (Lipinski definition) is 7. The number of hydrogen-bond donors (Lipinski definition) is 1. The fraction of sp³-hybridized carbons (Fsp3) is 0.600. The van der Waals surface area contributed by atoms with Gasteiger partial charge in [0, 0.05) is 0 Å². The highest BCUT2D eigenvalue weighted by atomic mass is 32.2. The fourth-order valence-corrected chi connectivity index (χ4v) is 5.28. The molecular formula is C25H39F3N2O6S2Si. The van der Waals surface area contributed by atoms with Gasteiger partial charge in [0.25, 0.3) is 5.01 Å². The normalized spacial score (nSPS) is 14.6. The maximum absolute atomic E-state index is 12.8. The zero-order valence-corrected chi connectivity index (χ0v) is 26.4. The van der Waals surface area contributed by atoms with E-state index in [1.807, 2.05) is 52.2 Å². The molecule has 1 N–H and O–H groups in total. The number of amides is 1. The van der Waals surface area contributed by atoms with Crippen LogP contribution in [-0.4, -0.2) is 44.5 Å². The molecule has 1 amide bonds. The highest BCUT2D eigenvalue weighted by Crippen LogP contribution is 2.41. The van der Waals surface area contributed by atoms with Crippen molar-refractivity contribution in [3.05, 3.63) is 52.5 Å². The monoisotopic (exact) mass is 612 g/mol. The van der Waals surface area contributed by atoms with Gasteiger partial charge in [-0.2, -0.15) is 17.7 Å². The standard InChI is InChI=1S/C24H38N2O3SSi.CHF3O3S/c1-23(2,3)28-22(27)25-19(17-18-13-11-10-12-14-18)20(21-26(7)15-16-30-21)29-31(8,9)24(4,5)6;2-1(3,4)8(5,6)7/h10-16,19-20H,17H2,1-9H3;(H,5,6,7)/t19-,20-;/m0./s1. The zero-order valence-electron chi connectivity index (χ0n) is 23.8. The molecule has 0 saturated carbocycles. The fourth-order valence-electron chi connectivity index (χ4n) is 2.98. The molecule has 0 spiro atoms. The van der Waals surface area contributed by atoms with Gasteiger partial charge >= 0.3 is 11.6 Å². The SMILES string of the molecule is C[n+]1ccsc1[C@@H](O[Si](C)(C)C(C)(C)C)[C@H](Cc1ccccc1)NC(=O)OC(C)(C)C.O=S(=O)([O-])C(F)(F)F. The number of rotatable bonds is 7. The average molecular weight is 613 g/mol. The van der Waals surface area contributed by atoms with Crippen LogP contribution in [0.25, 0.3) is 0 Å². The van der Waals surface area contributed by atoms with Gasteiger partial charge < -0.3 is 19.0 Å². The predicted molar refractivity (Wildman–Crippen MR) is 146 cm³/mol. The van der Waals surface area contributed by atoms with E-state index in [1.54, 1.807) is 11.3 Å². The first kappa shape index (κ1) is 35.0. The number of benzene rings is 1. The van der Waals surface area contributed by atoms with Crippen LogP contribution in [0.2, 0.25) is 18.1 Å². The minimum Gasteiger partial charge on any atom is -0.741 e. The summed E-state index contributed by atoms with van der Waals surface area (Å²) in [7, 11) is -6.19. The summed E-state index contributed by atoms with van der Waals surface area (Å²) in [5.74, 6) is 0. The third-order valence-corrected chi connectivity index (χ3v) is 12.0. The summed E-state index contributed by atoms with van der Waals surface area (Å²) in [6.07, 6.45) is 1.99. The van der Waals surface area contributed by atoms with Gasteiger partial charge in [-0.05, 0) is 50.9 Å². The molecule has 2 atom stereocenters. The second-order valence-electron chi connectivity index (χ2n) is 11.5. The number of alkyl halides is 3. The second-order valence-corrected chi connectivity index (χ2v) is 18.5. The van der Waals surface area contributed by atoms with Crippen molar-refractivity contribution in [3.63, 3.8) is 0 Å². The smallest absolute Gasteiger partial charge is 0.485 e. The van der Waals surface area contributed by atoms with Crippen LogP contribution in [-0.2, 0) is 32.7 Å². The Morgan fingerprint density at radius 3 is 2.00 bits per heavy atom. The van der Waals surface area contributed by atoms with Gasteiger partial charge in [-0.25, -0.2) is 13.2 Å². The number of carbonyl (C=O) groups is 1. The van der Waals surface area contributed by atoms with Crippen LogP contribution in [0.5, 0.6) is 0 Å². The Morgan fingerprint density at radius 2 is 1.62 bits per heavy atom. The van der Waals surface area contributed by atoms with Crippen LogP contribution in [0, 0.1) is 0 Å². The molecule has 2 aromatic rings. The number of carbonyl (C=O) groups excluding carboxylic acids is 1. The zero-order chi connectivity index (χ0) is 30.4. The molecule has 8 nitrogen and oxygen atoms in total. The largest absolute Gasteiger partial charge is 0.741 e. The van der Waals surface area contributed by atoms with Crippen LogP contribution >= 0.6 is 11.3 Å². The number of aromatic nitrogens is 1. The summed E-state index contributed by atoms with van der Waals surface area (Å²) < 4.78 is 73.6. The molecule has 1 aromatic heterocycles. The number of nitrogens with zero attached hydrogens (tertiary/aromatic N) is 1. The topological polar surface area (TPSA) is 109 Å². The van der Waals surface area contributed by atoms with E-state index in [0.717, 1.165) is 10.6 Å². The Hall–Kier alpha value is -2.00. The van der Waals surface area contributed by atoms with Crippen LogP contribution in [0.15, 0.2) is 41.9 Å². The summed E-state index contributed by atoms with van der Waals surface area (Å²) in [6, 6.07) is 9.95. The lowest BCUT2D eigenvalue weighted by atomic mass is 10.0. The summed E-state index contributed by atoms with van der Waals surface area (Å²) in [5, 5.41) is 6.33. The van der Waals surface area contributed by atoms with Crippen LogP contribution < -0.4 is 9.88 Å². The highest BCUT2D eigenvalue weighted by Gasteiger charge is 2.44. The van der Waals surface area contributed by atoms with Gasteiger partial charge in [-0.15, -0.1) is 0 Å². The van der Waals surface area contributed by atoms with Crippen molar-refractivity contribution in [3.8, 4) is 0 Å². The van der Waals surface area contributed by atoms with E-state index in [2.05, 4.69) is 61.3 Å². The molecule has 0 aliphatic carbocycles. The van der Waals surface area contributed by atoms with Crippen molar-refractivity contribution in [1.29, 1.82) is 0 Å². The van der Waals surface area contributed by atoms with Crippen molar-refractivity contribution in [2.45, 2.75) is 89.4 Å². The number of alkyl carbamates (subject to hydrolysis) is 1. The number of thiazole rings is 1. The van der Waals surface area contributed by atoms with Crippen molar-refractivity contribution in [2.24, 2.45) is 7.05 Å². The molecule has 2 rings (SSSR count). The van der Waals surface area contributed by atoms with Gasteiger partial charge in [-0.3, -0.25) is 0 Å². The van der Waals surface area contributed by atoms with Gasteiger partial charge in [0.05, 0.1) is 11.4 Å². The van der Waals surface area contributed by atoms with Gasteiger partial charge in [0.15, 0.2) is 30.7 Å². The Morgan fingerprint density at radius 1 is 1.10 bits per heavy atom. The molecule has 39 heavy (non-hydrogen) atoms. The molecule has 1 aromatic carbocycles. The Kier molecular flexibility index (Phi) is 11.8. The minimum absolute atomic E-state index is 0.0459. The summed E-state index contributed by atoms with van der Waals surface area (Å²) in [5.41, 5.74) is -5.07. The Bertz CT molecular complexity index is 1170. The van der Waals surface area contributed by atoms with E-state index in [-0.39, 0.29) is 17.2 Å². The van der Waals surface area contributed by atoms with Crippen LogP contribution in [0.4, 0.5) is 18.0 Å². The first-order chi connectivity index (χ1) is 17.4. The minimum atomic E-state index is -6.09. The van der Waals surface area contributed by atoms with E-state index in [4.69, 9.17) is 22.1 Å². The maximum Gasteiger partial charge on any atom is 0.485 e. The summed E-state index contributed by atoms with van der Waals surface area (Å²) in [4.78, 5) is 12.8. The molecule has 222 valence electrons. The molecule has 0 aliphatic heterocycles. The molecule has 0 saturated heterocycles. The van der Waals surface area contributed by atoms with E-state index in [0.29, 0.717) is 6.42 Å². The van der Waals surface area contributed by atoms with E-state index in [9.17, 15) is 18.0 Å². The first-order valence-corrected chi connectivity index (χ1v) is 17.3. The van der Waals surface area contributed by atoms with Crippen LogP contribution in [0.3, 0.4) is 0 Å². The molecule has 0 bridgehead atoms. The first-order valence-electron chi connectivity index (χ1n) is 12.1. The maximum atomic E-state index is 12.8. The van der Waals surface area contributed by atoms with Crippen LogP contribution in [0.1, 0.15) is 58.2 Å². The average Bonchev–Trinajstić information content (AvgIpc) is 3.15. The lowest BCUT2D eigenvalue weighted by molar-refractivity contribution is -0.677. The number of ether oxygens (including phenoxy) is 1. The summed E-state index contributed by atoms with van der Waals surface area (Å²) in [6.45, 7) is 16.8.